The molecule has 0 spiro atoms. The third kappa shape index (κ3) is 4.22. The SMILES string of the molecule is CC(C)n1cc(-c2ccc(Cn3cnn(CC(CN)=C(F)F)c3=O)s2)cn1. The maximum atomic E-state index is 12.7. The Bertz CT molecular complexity index is 1010. The van der Waals surface area contributed by atoms with E-state index in [1.165, 1.54) is 10.9 Å². The molecule has 0 radical (unpaired) electrons. The van der Waals surface area contributed by atoms with Gasteiger partial charge in [-0.15, -0.1) is 11.3 Å². The molecule has 7 nitrogen and oxygen atoms in total. The van der Waals surface area contributed by atoms with Crippen LogP contribution >= 0.6 is 11.3 Å². The van der Waals surface area contributed by atoms with Crippen LogP contribution in [0.15, 0.2) is 47.3 Å². The van der Waals surface area contributed by atoms with E-state index < -0.39 is 11.8 Å². The van der Waals surface area contributed by atoms with Crippen LogP contribution < -0.4 is 11.4 Å². The second-order valence-corrected chi connectivity index (χ2v) is 7.50. The van der Waals surface area contributed by atoms with Crippen molar-refractivity contribution in [1.82, 2.24) is 24.1 Å². The summed E-state index contributed by atoms with van der Waals surface area (Å²) >= 11 is 1.55. The first-order valence-electron chi connectivity index (χ1n) is 8.37. The largest absolute Gasteiger partial charge is 0.346 e. The summed E-state index contributed by atoms with van der Waals surface area (Å²) in [6.07, 6.45) is 3.27. The molecule has 3 aromatic rings. The van der Waals surface area contributed by atoms with Gasteiger partial charge in [-0.3, -0.25) is 9.25 Å². The van der Waals surface area contributed by atoms with Crippen molar-refractivity contribution in [2.45, 2.75) is 33.0 Å². The Kier molecular flexibility index (Phi) is 5.66. The Balaban J connectivity index is 1.76. The molecule has 0 unspecified atom stereocenters. The molecule has 0 fully saturated rings. The van der Waals surface area contributed by atoms with Gasteiger partial charge in [0.15, 0.2) is 0 Å². The average Bonchev–Trinajstić information content (AvgIpc) is 3.34. The van der Waals surface area contributed by atoms with E-state index in [0.29, 0.717) is 6.54 Å². The average molecular weight is 394 g/mol. The molecule has 0 aliphatic rings. The summed E-state index contributed by atoms with van der Waals surface area (Å²) in [6.45, 7) is 3.80. The summed E-state index contributed by atoms with van der Waals surface area (Å²) in [5.74, 6) is 0. The van der Waals surface area contributed by atoms with E-state index in [-0.39, 0.29) is 24.7 Å². The van der Waals surface area contributed by atoms with Crippen molar-refractivity contribution in [3.63, 3.8) is 0 Å². The highest BCUT2D eigenvalue weighted by Crippen LogP contribution is 2.28. The van der Waals surface area contributed by atoms with E-state index in [9.17, 15) is 13.6 Å². The smallest absolute Gasteiger partial charge is 0.327 e. The van der Waals surface area contributed by atoms with Crippen molar-refractivity contribution in [2.24, 2.45) is 5.73 Å². The molecule has 10 heteroatoms. The molecule has 144 valence electrons. The fraction of sp³-hybridized carbons (Fsp3) is 0.353. The number of nitrogens with two attached hydrogens (primary N) is 1. The molecular weight excluding hydrogens is 374 g/mol. The zero-order chi connectivity index (χ0) is 19.6. The van der Waals surface area contributed by atoms with Gasteiger partial charge in [0.1, 0.15) is 6.33 Å². The lowest BCUT2D eigenvalue weighted by Gasteiger charge is -2.02. The number of hydrogen-bond donors (Lipinski definition) is 1. The lowest BCUT2D eigenvalue weighted by atomic mass is 10.3. The standard InChI is InChI=1S/C17H20F2N6OS/c1-11(2)24-8-13(6-21-24)15-4-3-14(27-15)9-23-10-22-25(17(23)26)7-12(5-20)16(18)19/h3-4,6,8,10-11H,5,7,9,20H2,1-2H3. The van der Waals surface area contributed by atoms with Crippen molar-refractivity contribution < 1.29 is 8.78 Å². The van der Waals surface area contributed by atoms with Crippen LogP contribution in [0.5, 0.6) is 0 Å². The third-order valence-corrected chi connectivity index (χ3v) is 5.17. The summed E-state index contributed by atoms with van der Waals surface area (Å²) in [7, 11) is 0. The van der Waals surface area contributed by atoms with Gasteiger partial charge < -0.3 is 5.73 Å². The first-order valence-corrected chi connectivity index (χ1v) is 9.19. The topological polar surface area (TPSA) is 83.7 Å². The van der Waals surface area contributed by atoms with Crippen LogP contribution in [0.1, 0.15) is 24.8 Å². The van der Waals surface area contributed by atoms with Crippen molar-refractivity contribution in [1.29, 1.82) is 0 Å². The van der Waals surface area contributed by atoms with Crippen LogP contribution in [0.3, 0.4) is 0 Å². The van der Waals surface area contributed by atoms with E-state index in [4.69, 9.17) is 5.73 Å². The summed E-state index contributed by atoms with van der Waals surface area (Å²) in [6, 6.07) is 4.19. The van der Waals surface area contributed by atoms with E-state index in [0.717, 1.165) is 20.0 Å². The molecule has 0 saturated carbocycles. The Morgan fingerprint density at radius 2 is 2.07 bits per heavy atom. The highest BCUT2D eigenvalue weighted by atomic mass is 32.1. The van der Waals surface area contributed by atoms with Crippen molar-refractivity contribution >= 4 is 11.3 Å². The zero-order valence-corrected chi connectivity index (χ0v) is 15.8. The fourth-order valence-electron chi connectivity index (χ4n) is 2.50. The molecule has 27 heavy (non-hydrogen) atoms. The molecule has 0 aliphatic heterocycles. The molecule has 0 aliphatic carbocycles. The molecular formula is C17H20F2N6OS. The maximum absolute atomic E-state index is 12.7. The lowest BCUT2D eigenvalue weighted by molar-refractivity contribution is 0.400. The maximum Gasteiger partial charge on any atom is 0.346 e. The van der Waals surface area contributed by atoms with Crippen molar-refractivity contribution in [3.05, 3.63) is 57.9 Å². The molecule has 0 atom stereocenters. The van der Waals surface area contributed by atoms with Crippen LogP contribution in [-0.4, -0.2) is 30.7 Å². The number of aromatic nitrogens is 5. The molecule has 0 saturated heterocycles. The number of thiophene rings is 1. The summed E-state index contributed by atoms with van der Waals surface area (Å²) in [5.41, 5.74) is 5.54. The Morgan fingerprint density at radius 1 is 1.30 bits per heavy atom. The molecule has 3 heterocycles. The van der Waals surface area contributed by atoms with Gasteiger partial charge in [0.2, 0.25) is 0 Å². The minimum absolute atomic E-state index is 0.282. The lowest BCUT2D eigenvalue weighted by Crippen LogP contribution is -2.27. The Hall–Kier alpha value is -2.59. The van der Waals surface area contributed by atoms with Crippen molar-refractivity contribution in [2.75, 3.05) is 6.54 Å². The zero-order valence-electron chi connectivity index (χ0n) is 15.0. The predicted octanol–water partition coefficient (Wildman–Crippen LogP) is 2.71. The van der Waals surface area contributed by atoms with Gasteiger partial charge >= 0.3 is 5.69 Å². The monoisotopic (exact) mass is 394 g/mol. The second-order valence-electron chi connectivity index (χ2n) is 6.34. The van der Waals surface area contributed by atoms with Crippen LogP contribution in [0.4, 0.5) is 8.78 Å². The molecule has 0 amide bonds. The molecule has 0 aromatic carbocycles. The second kappa shape index (κ2) is 7.97. The number of rotatable bonds is 7. The normalized spacial score (nSPS) is 11.3. The van der Waals surface area contributed by atoms with Crippen LogP contribution in [0.2, 0.25) is 0 Å². The predicted molar refractivity (Wildman–Crippen MR) is 99.8 cm³/mol. The quantitative estimate of drug-likeness (QED) is 0.668. The molecule has 0 bridgehead atoms. The minimum atomic E-state index is -1.87. The highest BCUT2D eigenvalue weighted by molar-refractivity contribution is 7.15. The van der Waals surface area contributed by atoms with Gasteiger partial charge in [0.05, 0.1) is 19.3 Å². The van der Waals surface area contributed by atoms with Crippen LogP contribution in [-0.2, 0) is 13.1 Å². The van der Waals surface area contributed by atoms with E-state index in [2.05, 4.69) is 24.0 Å². The van der Waals surface area contributed by atoms with Gasteiger partial charge in [-0.2, -0.15) is 19.0 Å². The summed E-state index contributed by atoms with van der Waals surface area (Å²) < 4.78 is 29.7. The Labute approximate surface area is 158 Å². The summed E-state index contributed by atoms with van der Waals surface area (Å²) in [5, 5.41) is 8.24. The molecule has 3 aromatic heterocycles. The van der Waals surface area contributed by atoms with Gasteiger partial charge in [0, 0.05) is 39.7 Å². The van der Waals surface area contributed by atoms with Crippen LogP contribution in [0.25, 0.3) is 10.4 Å². The van der Waals surface area contributed by atoms with Gasteiger partial charge in [-0.25, -0.2) is 9.48 Å². The van der Waals surface area contributed by atoms with Gasteiger partial charge in [-0.05, 0) is 26.0 Å². The number of nitrogens with zero attached hydrogens (tertiary/aromatic N) is 5. The first-order chi connectivity index (χ1) is 12.9. The van der Waals surface area contributed by atoms with Crippen LogP contribution in [0, 0.1) is 0 Å². The van der Waals surface area contributed by atoms with Gasteiger partial charge in [-0.1, -0.05) is 0 Å². The highest BCUT2D eigenvalue weighted by Gasteiger charge is 2.12. The molecule has 3 rings (SSSR count). The summed E-state index contributed by atoms with van der Waals surface area (Å²) in [4.78, 5) is 14.3. The van der Waals surface area contributed by atoms with E-state index in [1.54, 1.807) is 11.3 Å². The molecule has 2 N–H and O–H groups in total. The van der Waals surface area contributed by atoms with Gasteiger partial charge in [0.25, 0.3) is 6.08 Å². The number of halogens is 2. The Morgan fingerprint density at radius 3 is 2.70 bits per heavy atom. The third-order valence-electron chi connectivity index (χ3n) is 4.05. The number of hydrogen-bond acceptors (Lipinski definition) is 5. The fourth-order valence-corrected chi connectivity index (χ4v) is 3.49. The van der Waals surface area contributed by atoms with E-state index in [1.807, 2.05) is 29.2 Å². The van der Waals surface area contributed by atoms with Crippen molar-refractivity contribution in [3.8, 4) is 10.4 Å². The minimum Gasteiger partial charge on any atom is -0.327 e. The van der Waals surface area contributed by atoms with E-state index >= 15 is 0 Å². The first kappa shape index (κ1) is 19.2.